The Morgan fingerprint density at radius 1 is 1.43 bits per heavy atom. The van der Waals surface area contributed by atoms with Crippen molar-refractivity contribution in [2.24, 2.45) is 5.73 Å². The zero-order chi connectivity index (χ0) is 10.7. The van der Waals surface area contributed by atoms with Crippen LogP contribution >= 0.6 is 0 Å². The van der Waals surface area contributed by atoms with Gasteiger partial charge in [-0.3, -0.25) is 4.79 Å². The van der Waals surface area contributed by atoms with Crippen molar-refractivity contribution in [2.45, 2.75) is 13.5 Å². The van der Waals surface area contributed by atoms with Gasteiger partial charge in [-0.05, 0) is 44.3 Å². The van der Waals surface area contributed by atoms with Crippen LogP contribution in [-0.2, 0) is 6.54 Å². The molecule has 0 heterocycles. The molecule has 0 radical (unpaired) electrons. The second kappa shape index (κ2) is 4.24. The lowest BCUT2D eigenvalue weighted by molar-refractivity contribution is 0.1000. The molecule has 1 aromatic rings. The Bertz CT molecular complexity index is 345. The van der Waals surface area contributed by atoms with Gasteiger partial charge < -0.3 is 10.6 Å². The fraction of sp³-hybridized carbons (Fsp3) is 0.364. The molecule has 2 N–H and O–H groups in total. The van der Waals surface area contributed by atoms with Crippen molar-refractivity contribution in [3.63, 3.8) is 0 Å². The minimum atomic E-state index is -0.370. The molecule has 0 aromatic heterocycles. The third kappa shape index (κ3) is 2.57. The lowest BCUT2D eigenvalue weighted by atomic mass is 10.0. The predicted octanol–water partition coefficient (Wildman–Crippen LogP) is 1.16. The first-order chi connectivity index (χ1) is 6.50. The van der Waals surface area contributed by atoms with E-state index < -0.39 is 0 Å². The van der Waals surface area contributed by atoms with Gasteiger partial charge in [0, 0.05) is 12.1 Å². The summed E-state index contributed by atoms with van der Waals surface area (Å²) in [5.74, 6) is -0.370. The zero-order valence-corrected chi connectivity index (χ0v) is 8.87. The minimum Gasteiger partial charge on any atom is -0.366 e. The van der Waals surface area contributed by atoms with Crippen LogP contribution in [-0.4, -0.2) is 24.9 Å². The maximum Gasteiger partial charge on any atom is 0.248 e. The third-order valence-corrected chi connectivity index (χ3v) is 2.12. The van der Waals surface area contributed by atoms with E-state index in [0.717, 1.165) is 12.1 Å². The van der Waals surface area contributed by atoms with E-state index >= 15 is 0 Å². The summed E-state index contributed by atoms with van der Waals surface area (Å²) in [5.41, 5.74) is 8.12. The first kappa shape index (κ1) is 10.7. The van der Waals surface area contributed by atoms with E-state index in [1.54, 1.807) is 6.07 Å². The quantitative estimate of drug-likeness (QED) is 0.781. The van der Waals surface area contributed by atoms with Crippen molar-refractivity contribution in [2.75, 3.05) is 14.1 Å². The van der Waals surface area contributed by atoms with Crippen LogP contribution in [0, 0.1) is 6.92 Å². The SMILES string of the molecule is Cc1ccc(C(N)=O)cc1CN(C)C. The molecule has 0 spiro atoms. The minimum absolute atomic E-state index is 0.370. The van der Waals surface area contributed by atoms with Crippen LogP contribution in [0.4, 0.5) is 0 Å². The largest absolute Gasteiger partial charge is 0.366 e. The number of rotatable bonds is 3. The van der Waals surface area contributed by atoms with Crippen LogP contribution in [0.5, 0.6) is 0 Å². The van der Waals surface area contributed by atoms with Crippen molar-refractivity contribution in [1.82, 2.24) is 4.90 Å². The number of primary amides is 1. The normalized spacial score (nSPS) is 10.6. The Morgan fingerprint density at radius 2 is 2.07 bits per heavy atom. The molecule has 1 amide bonds. The molecule has 0 atom stereocenters. The van der Waals surface area contributed by atoms with E-state index in [9.17, 15) is 4.79 Å². The lowest BCUT2D eigenvalue weighted by Gasteiger charge is -2.12. The molecule has 0 aliphatic rings. The predicted molar refractivity (Wildman–Crippen MR) is 57.1 cm³/mol. The average molecular weight is 192 g/mol. The molecular formula is C11H16N2O. The highest BCUT2D eigenvalue weighted by Crippen LogP contribution is 2.12. The van der Waals surface area contributed by atoms with Gasteiger partial charge in [-0.1, -0.05) is 6.07 Å². The first-order valence-corrected chi connectivity index (χ1v) is 4.55. The van der Waals surface area contributed by atoms with Crippen molar-refractivity contribution in [1.29, 1.82) is 0 Å². The number of aryl methyl sites for hydroxylation is 1. The lowest BCUT2D eigenvalue weighted by Crippen LogP contribution is -2.15. The Labute approximate surface area is 84.5 Å². The number of carbonyl (C=O) groups is 1. The Kier molecular flexibility index (Phi) is 3.25. The second-order valence-corrected chi connectivity index (χ2v) is 3.74. The van der Waals surface area contributed by atoms with Gasteiger partial charge in [0.2, 0.25) is 5.91 Å². The number of benzene rings is 1. The van der Waals surface area contributed by atoms with Crippen LogP contribution in [0.2, 0.25) is 0 Å². The van der Waals surface area contributed by atoms with E-state index in [1.807, 2.05) is 33.2 Å². The number of amides is 1. The van der Waals surface area contributed by atoms with Gasteiger partial charge in [0.1, 0.15) is 0 Å². The zero-order valence-electron chi connectivity index (χ0n) is 8.87. The number of nitrogens with two attached hydrogens (primary N) is 1. The number of nitrogens with zero attached hydrogens (tertiary/aromatic N) is 1. The van der Waals surface area contributed by atoms with E-state index in [4.69, 9.17) is 5.73 Å². The molecule has 0 bridgehead atoms. The molecule has 0 saturated heterocycles. The molecule has 1 aromatic carbocycles. The summed E-state index contributed by atoms with van der Waals surface area (Å²) in [6.07, 6.45) is 0. The number of carbonyl (C=O) groups excluding carboxylic acids is 1. The Balaban J connectivity index is 3.02. The monoisotopic (exact) mass is 192 g/mol. The van der Waals surface area contributed by atoms with Crippen LogP contribution in [0.25, 0.3) is 0 Å². The summed E-state index contributed by atoms with van der Waals surface area (Å²) in [4.78, 5) is 13.0. The molecule has 76 valence electrons. The summed E-state index contributed by atoms with van der Waals surface area (Å²) in [6, 6.07) is 5.55. The smallest absolute Gasteiger partial charge is 0.248 e. The van der Waals surface area contributed by atoms with Gasteiger partial charge in [0.15, 0.2) is 0 Å². The molecule has 3 nitrogen and oxygen atoms in total. The summed E-state index contributed by atoms with van der Waals surface area (Å²) >= 11 is 0. The molecule has 0 fully saturated rings. The van der Waals surface area contributed by atoms with Gasteiger partial charge in [0.25, 0.3) is 0 Å². The van der Waals surface area contributed by atoms with Gasteiger partial charge >= 0.3 is 0 Å². The molecule has 14 heavy (non-hydrogen) atoms. The summed E-state index contributed by atoms with van der Waals surface area (Å²) in [6.45, 7) is 2.86. The summed E-state index contributed by atoms with van der Waals surface area (Å²) in [7, 11) is 3.99. The number of hydrogen-bond acceptors (Lipinski definition) is 2. The molecule has 0 unspecified atom stereocenters. The van der Waals surface area contributed by atoms with E-state index in [0.29, 0.717) is 5.56 Å². The highest BCUT2D eigenvalue weighted by Gasteiger charge is 2.04. The van der Waals surface area contributed by atoms with Crippen LogP contribution < -0.4 is 5.73 Å². The maximum absolute atomic E-state index is 11.0. The Hall–Kier alpha value is -1.35. The molecule has 0 aliphatic heterocycles. The number of hydrogen-bond donors (Lipinski definition) is 1. The van der Waals surface area contributed by atoms with Gasteiger partial charge in [-0.15, -0.1) is 0 Å². The molecule has 0 saturated carbocycles. The van der Waals surface area contributed by atoms with Crippen LogP contribution in [0.1, 0.15) is 21.5 Å². The molecule has 0 aliphatic carbocycles. The van der Waals surface area contributed by atoms with Gasteiger partial charge in [0.05, 0.1) is 0 Å². The fourth-order valence-electron chi connectivity index (χ4n) is 1.34. The summed E-state index contributed by atoms with van der Waals surface area (Å²) in [5, 5.41) is 0. The highest BCUT2D eigenvalue weighted by molar-refractivity contribution is 5.93. The van der Waals surface area contributed by atoms with Crippen LogP contribution in [0.3, 0.4) is 0 Å². The Morgan fingerprint density at radius 3 is 2.57 bits per heavy atom. The van der Waals surface area contributed by atoms with Crippen molar-refractivity contribution in [3.05, 3.63) is 34.9 Å². The summed E-state index contributed by atoms with van der Waals surface area (Å²) < 4.78 is 0. The topological polar surface area (TPSA) is 46.3 Å². The molecule has 1 rings (SSSR count). The van der Waals surface area contributed by atoms with Crippen molar-refractivity contribution < 1.29 is 4.79 Å². The van der Waals surface area contributed by atoms with Crippen molar-refractivity contribution in [3.8, 4) is 0 Å². The van der Waals surface area contributed by atoms with E-state index in [2.05, 4.69) is 4.90 Å². The highest BCUT2D eigenvalue weighted by atomic mass is 16.1. The van der Waals surface area contributed by atoms with E-state index in [1.165, 1.54) is 5.56 Å². The average Bonchev–Trinajstić information content (AvgIpc) is 2.07. The first-order valence-electron chi connectivity index (χ1n) is 4.55. The van der Waals surface area contributed by atoms with E-state index in [-0.39, 0.29) is 5.91 Å². The van der Waals surface area contributed by atoms with Crippen molar-refractivity contribution >= 4 is 5.91 Å². The fourth-order valence-corrected chi connectivity index (χ4v) is 1.34. The maximum atomic E-state index is 11.0. The molecular weight excluding hydrogens is 176 g/mol. The van der Waals surface area contributed by atoms with Gasteiger partial charge in [-0.25, -0.2) is 0 Å². The van der Waals surface area contributed by atoms with Crippen LogP contribution in [0.15, 0.2) is 18.2 Å². The molecule has 3 heteroatoms. The van der Waals surface area contributed by atoms with Gasteiger partial charge in [-0.2, -0.15) is 0 Å². The second-order valence-electron chi connectivity index (χ2n) is 3.74. The standard InChI is InChI=1S/C11H16N2O/c1-8-4-5-9(11(12)14)6-10(8)7-13(2)3/h4-6H,7H2,1-3H3,(H2,12,14). The third-order valence-electron chi connectivity index (χ3n) is 2.12.